The first-order chi connectivity index (χ1) is 10.2. The summed E-state index contributed by atoms with van der Waals surface area (Å²) in [6, 6.07) is 17.4. The van der Waals surface area contributed by atoms with Crippen LogP contribution in [0.3, 0.4) is 0 Å². The summed E-state index contributed by atoms with van der Waals surface area (Å²) in [5, 5.41) is 3.66. The van der Waals surface area contributed by atoms with Gasteiger partial charge in [0.15, 0.2) is 0 Å². The lowest BCUT2D eigenvalue weighted by Crippen LogP contribution is -2.31. The molecule has 21 heavy (non-hydrogen) atoms. The van der Waals surface area contributed by atoms with Crippen molar-refractivity contribution in [2.45, 2.75) is 12.5 Å². The molecule has 0 radical (unpaired) electrons. The van der Waals surface area contributed by atoms with Crippen molar-refractivity contribution in [3.05, 3.63) is 63.0 Å². The van der Waals surface area contributed by atoms with Crippen LogP contribution >= 0.6 is 31.9 Å². The van der Waals surface area contributed by atoms with Crippen LogP contribution < -0.4 is 10.2 Å². The first-order valence-corrected chi connectivity index (χ1v) is 8.81. The van der Waals surface area contributed by atoms with E-state index in [4.69, 9.17) is 0 Å². The highest BCUT2D eigenvalue weighted by Crippen LogP contribution is 2.31. The van der Waals surface area contributed by atoms with Gasteiger partial charge in [-0.3, -0.25) is 0 Å². The maximum absolute atomic E-state index is 3.68. The number of nitrogens with zero attached hydrogens (tertiary/aromatic N) is 1. The highest BCUT2D eigenvalue weighted by Gasteiger charge is 2.20. The molecule has 0 amide bonds. The lowest BCUT2D eigenvalue weighted by Gasteiger charge is -2.28. The fraction of sp³-hybridized carbons (Fsp3) is 0.294. The van der Waals surface area contributed by atoms with Crippen molar-refractivity contribution in [1.29, 1.82) is 0 Å². The Morgan fingerprint density at radius 3 is 2.67 bits per heavy atom. The lowest BCUT2D eigenvalue weighted by molar-refractivity contribution is 0.570. The Morgan fingerprint density at radius 1 is 1.05 bits per heavy atom. The summed E-state index contributed by atoms with van der Waals surface area (Å²) >= 11 is 7.26. The van der Waals surface area contributed by atoms with E-state index in [0.717, 1.165) is 35.0 Å². The monoisotopic (exact) mass is 408 g/mol. The van der Waals surface area contributed by atoms with E-state index in [-0.39, 0.29) is 0 Å². The van der Waals surface area contributed by atoms with Gasteiger partial charge in [0.05, 0.1) is 5.69 Å². The molecule has 4 heteroatoms. The second-order valence-corrected chi connectivity index (χ2v) is 7.08. The number of anilines is 1. The summed E-state index contributed by atoms with van der Waals surface area (Å²) < 4.78 is 2.27. The van der Waals surface area contributed by atoms with Crippen LogP contribution in [0.2, 0.25) is 0 Å². The minimum Gasteiger partial charge on any atom is -0.369 e. The standard InChI is InChI=1S/C17H18Br2N2/c18-14-7-8-15(19)17(11-14)21-10-4-9-20-16(12-21)13-5-2-1-3-6-13/h1-3,5-8,11,16,20H,4,9-10,12H2. The molecule has 0 aromatic heterocycles. The van der Waals surface area contributed by atoms with Gasteiger partial charge in [-0.05, 0) is 52.7 Å². The number of halogens is 2. The predicted molar refractivity (Wildman–Crippen MR) is 95.9 cm³/mol. The first kappa shape index (κ1) is 15.1. The van der Waals surface area contributed by atoms with Crippen molar-refractivity contribution in [3.63, 3.8) is 0 Å². The summed E-state index contributed by atoms with van der Waals surface area (Å²) in [5.41, 5.74) is 2.62. The van der Waals surface area contributed by atoms with Crippen molar-refractivity contribution in [3.8, 4) is 0 Å². The van der Waals surface area contributed by atoms with Crippen molar-refractivity contribution in [2.75, 3.05) is 24.5 Å². The van der Waals surface area contributed by atoms with E-state index in [0.29, 0.717) is 6.04 Å². The third-order valence-corrected chi connectivity index (χ3v) is 5.01. The molecular weight excluding hydrogens is 392 g/mol. The van der Waals surface area contributed by atoms with Gasteiger partial charge in [0.25, 0.3) is 0 Å². The summed E-state index contributed by atoms with van der Waals surface area (Å²) in [4.78, 5) is 2.46. The Kier molecular flexibility index (Phi) is 4.99. The third kappa shape index (κ3) is 3.68. The molecule has 1 atom stereocenters. The van der Waals surface area contributed by atoms with Crippen LogP contribution in [-0.2, 0) is 0 Å². The van der Waals surface area contributed by atoms with Gasteiger partial charge in [0.2, 0.25) is 0 Å². The van der Waals surface area contributed by atoms with E-state index >= 15 is 0 Å². The maximum Gasteiger partial charge on any atom is 0.0522 e. The molecule has 0 bridgehead atoms. The Bertz CT molecular complexity index is 601. The summed E-state index contributed by atoms with van der Waals surface area (Å²) in [5.74, 6) is 0. The Labute approximate surface area is 142 Å². The molecular formula is C17H18Br2N2. The number of rotatable bonds is 2. The molecule has 0 spiro atoms. The predicted octanol–water partition coefficient (Wildman–Crippen LogP) is 4.75. The van der Waals surface area contributed by atoms with Gasteiger partial charge in [-0.15, -0.1) is 0 Å². The molecule has 3 rings (SSSR count). The first-order valence-electron chi connectivity index (χ1n) is 7.22. The third-order valence-electron chi connectivity index (χ3n) is 3.85. The highest BCUT2D eigenvalue weighted by atomic mass is 79.9. The molecule has 110 valence electrons. The van der Waals surface area contributed by atoms with E-state index in [1.54, 1.807) is 0 Å². The van der Waals surface area contributed by atoms with Crippen molar-refractivity contribution in [1.82, 2.24) is 5.32 Å². The molecule has 2 aromatic rings. The molecule has 0 saturated carbocycles. The van der Waals surface area contributed by atoms with Gasteiger partial charge in [-0.25, -0.2) is 0 Å². The summed E-state index contributed by atoms with van der Waals surface area (Å²) in [6.07, 6.45) is 1.16. The van der Waals surface area contributed by atoms with Crippen LogP contribution in [0, 0.1) is 0 Å². The fourth-order valence-corrected chi connectivity index (χ4v) is 3.62. The zero-order valence-electron chi connectivity index (χ0n) is 11.7. The molecule has 2 nitrogen and oxygen atoms in total. The smallest absolute Gasteiger partial charge is 0.0522 e. The Morgan fingerprint density at radius 2 is 1.86 bits per heavy atom. The zero-order valence-corrected chi connectivity index (χ0v) is 14.9. The largest absolute Gasteiger partial charge is 0.369 e. The number of hydrogen-bond donors (Lipinski definition) is 1. The van der Waals surface area contributed by atoms with E-state index in [9.17, 15) is 0 Å². The SMILES string of the molecule is Brc1ccc(Br)c(N2CCCNC(c3ccccc3)C2)c1. The van der Waals surface area contributed by atoms with Gasteiger partial charge < -0.3 is 10.2 Å². The molecule has 0 aliphatic carbocycles. The summed E-state index contributed by atoms with van der Waals surface area (Å²) in [6.45, 7) is 3.12. The molecule has 1 N–H and O–H groups in total. The van der Waals surface area contributed by atoms with Crippen molar-refractivity contribution < 1.29 is 0 Å². The van der Waals surface area contributed by atoms with Gasteiger partial charge in [0, 0.05) is 28.1 Å². The molecule has 1 heterocycles. The molecule has 2 aromatic carbocycles. The molecule has 1 fully saturated rings. The van der Waals surface area contributed by atoms with Crippen LogP contribution in [0.1, 0.15) is 18.0 Å². The maximum atomic E-state index is 3.68. The second kappa shape index (κ2) is 6.95. The quantitative estimate of drug-likeness (QED) is 0.769. The molecule has 1 aliphatic rings. The van der Waals surface area contributed by atoms with Crippen LogP contribution in [0.5, 0.6) is 0 Å². The molecule has 1 aliphatic heterocycles. The average molecular weight is 410 g/mol. The van der Waals surface area contributed by atoms with Gasteiger partial charge in [0.1, 0.15) is 0 Å². The number of nitrogens with one attached hydrogen (secondary N) is 1. The second-order valence-electron chi connectivity index (χ2n) is 5.31. The van der Waals surface area contributed by atoms with Crippen LogP contribution in [-0.4, -0.2) is 19.6 Å². The normalized spacial score (nSPS) is 19.3. The van der Waals surface area contributed by atoms with Gasteiger partial charge in [-0.1, -0.05) is 46.3 Å². The fourth-order valence-electron chi connectivity index (χ4n) is 2.78. The van der Waals surface area contributed by atoms with Crippen LogP contribution in [0.4, 0.5) is 5.69 Å². The van der Waals surface area contributed by atoms with E-state index in [1.165, 1.54) is 11.3 Å². The van der Waals surface area contributed by atoms with E-state index in [2.05, 4.69) is 90.6 Å². The summed E-state index contributed by atoms with van der Waals surface area (Å²) in [7, 11) is 0. The van der Waals surface area contributed by atoms with Crippen LogP contribution in [0.15, 0.2) is 57.5 Å². The molecule has 1 unspecified atom stereocenters. The Hall–Kier alpha value is -0.840. The number of hydrogen-bond acceptors (Lipinski definition) is 2. The molecule has 1 saturated heterocycles. The van der Waals surface area contributed by atoms with Crippen LogP contribution in [0.25, 0.3) is 0 Å². The topological polar surface area (TPSA) is 15.3 Å². The lowest BCUT2D eigenvalue weighted by atomic mass is 10.1. The van der Waals surface area contributed by atoms with Gasteiger partial charge >= 0.3 is 0 Å². The average Bonchev–Trinajstić information content (AvgIpc) is 2.76. The van der Waals surface area contributed by atoms with E-state index in [1.807, 2.05) is 0 Å². The van der Waals surface area contributed by atoms with Gasteiger partial charge in [-0.2, -0.15) is 0 Å². The number of benzene rings is 2. The van der Waals surface area contributed by atoms with Crippen molar-refractivity contribution in [2.24, 2.45) is 0 Å². The van der Waals surface area contributed by atoms with E-state index < -0.39 is 0 Å². The zero-order chi connectivity index (χ0) is 14.7. The minimum atomic E-state index is 0.375. The Balaban J connectivity index is 1.87. The van der Waals surface area contributed by atoms with Crippen molar-refractivity contribution >= 4 is 37.5 Å². The minimum absolute atomic E-state index is 0.375. The highest BCUT2D eigenvalue weighted by molar-refractivity contribution is 9.11.